The van der Waals surface area contributed by atoms with Crippen LogP contribution in [0, 0.1) is 0 Å². The van der Waals surface area contributed by atoms with Gasteiger partial charge in [0, 0.05) is 6.20 Å². The largest absolute Gasteiger partial charge is 0.478 e. The van der Waals surface area contributed by atoms with Gasteiger partial charge in [-0.1, -0.05) is 13.8 Å². The molecule has 0 aromatic carbocycles. The maximum atomic E-state index is 11.0. The second-order valence-corrected chi connectivity index (χ2v) is 2.28. The van der Waals surface area contributed by atoms with Gasteiger partial charge in [0.05, 0.1) is 12.7 Å². The lowest BCUT2D eigenvalue weighted by atomic mass is 10.2. The van der Waals surface area contributed by atoms with Crippen LogP contribution in [0.1, 0.15) is 34.7 Å². The number of nitrogens with zero attached hydrogens (tertiary/aromatic N) is 1. The van der Waals surface area contributed by atoms with E-state index in [0.717, 1.165) is 11.8 Å². The molecule has 3 N–H and O–H groups in total. The van der Waals surface area contributed by atoms with E-state index in [2.05, 4.69) is 4.74 Å². The number of carboxylic acids is 1. The highest BCUT2D eigenvalue weighted by Crippen LogP contribution is 2.09. The van der Waals surface area contributed by atoms with Crippen LogP contribution < -0.4 is 5.84 Å². The molecule has 0 atom stereocenters. The predicted molar refractivity (Wildman–Crippen MR) is 54.2 cm³/mol. The molecule has 1 rings (SSSR count). The number of methoxy groups -OCH3 is 1. The molecule has 0 spiro atoms. The van der Waals surface area contributed by atoms with Crippen LogP contribution in [0.15, 0.2) is 12.3 Å². The first kappa shape index (κ1) is 13.0. The number of ether oxygens (including phenoxy) is 1. The molecule has 0 unspecified atom stereocenters. The fourth-order valence-corrected chi connectivity index (χ4v) is 0.932. The molecule has 0 aliphatic carbocycles. The van der Waals surface area contributed by atoms with Crippen LogP contribution in [-0.4, -0.2) is 28.8 Å². The minimum Gasteiger partial charge on any atom is -0.478 e. The Morgan fingerprint density at radius 2 is 2.00 bits per heavy atom. The zero-order valence-corrected chi connectivity index (χ0v) is 8.85. The summed E-state index contributed by atoms with van der Waals surface area (Å²) < 4.78 is 5.28. The number of carbonyl (C=O) groups excluding carboxylic acids is 1. The van der Waals surface area contributed by atoms with Crippen LogP contribution in [0.25, 0.3) is 0 Å². The van der Waals surface area contributed by atoms with Gasteiger partial charge in [-0.05, 0) is 6.07 Å². The summed E-state index contributed by atoms with van der Waals surface area (Å²) in [5.74, 6) is 3.32. The first-order valence-corrected chi connectivity index (χ1v) is 4.36. The first-order chi connectivity index (χ1) is 7.07. The number of esters is 1. The van der Waals surface area contributed by atoms with Crippen molar-refractivity contribution in [2.75, 3.05) is 13.0 Å². The van der Waals surface area contributed by atoms with E-state index in [1.807, 2.05) is 13.8 Å². The highest BCUT2D eigenvalue weighted by molar-refractivity contribution is 6.01. The number of nitrogens with two attached hydrogens (primary N) is 1. The van der Waals surface area contributed by atoms with Gasteiger partial charge >= 0.3 is 11.9 Å². The van der Waals surface area contributed by atoms with Gasteiger partial charge in [0.2, 0.25) is 0 Å². The molecule has 0 radical (unpaired) electrons. The van der Waals surface area contributed by atoms with Crippen molar-refractivity contribution in [3.63, 3.8) is 0 Å². The second-order valence-electron chi connectivity index (χ2n) is 2.28. The Kier molecular flexibility index (Phi) is 4.94. The number of aromatic carboxylic acids is 1. The van der Waals surface area contributed by atoms with E-state index in [-0.39, 0.29) is 11.3 Å². The number of hydrogen-bond donors (Lipinski definition) is 2. The number of rotatable bonds is 2. The minimum atomic E-state index is -1.22. The van der Waals surface area contributed by atoms with Crippen LogP contribution >= 0.6 is 0 Å². The third-order valence-electron chi connectivity index (χ3n) is 1.52. The third kappa shape index (κ3) is 2.73. The lowest BCUT2D eigenvalue weighted by Gasteiger charge is -2.01. The summed E-state index contributed by atoms with van der Waals surface area (Å²) >= 11 is 0. The van der Waals surface area contributed by atoms with Crippen molar-refractivity contribution < 1.29 is 19.4 Å². The third-order valence-corrected chi connectivity index (χ3v) is 1.52. The Morgan fingerprint density at radius 3 is 2.40 bits per heavy atom. The lowest BCUT2D eigenvalue weighted by Crippen LogP contribution is -2.19. The van der Waals surface area contributed by atoms with Crippen LogP contribution in [-0.2, 0) is 4.74 Å². The summed E-state index contributed by atoms with van der Waals surface area (Å²) in [7, 11) is 1.15. The van der Waals surface area contributed by atoms with Crippen molar-refractivity contribution in [1.29, 1.82) is 0 Å². The Labute approximate surface area is 87.2 Å². The number of carbonyl (C=O) groups is 2. The molecule has 0 bridgehead atoms. The Hall–Kier alpha value is -1.98. The molecule has 1 heterocycles. The topological polar surface area (TPSA) is 94.5 Å². The quantitative estimate of drug-likeness (QED) is 0.558. The van der Waals surface area contributed by atoms with Gasteiger partial charge < -0.3 is 15.7 Å². The van der Waals surface area contributed by atoms with Crippen LogP contribution in [0.4, 0.5) is 0 Å². The predicted octanol–water partition coefficient (Wildman–Crippen LogP) is 0.713. The smallest absolute Gasteiger partial charge is 0.357 e. The van der Waals surface area contributed by atoms with Gasteiger partial charge in [0.25, 0.3) is 0 Å². The summed E-state index contributed by atoms with van der Waals surface area (Å²) in [4.78, 5) is 21.6. The van der Waals surface area contributed by atoms with Gasteiger partial charge in [0.15, 0.2) is 5.69 Å². The Balaban J connectivity index is 0.000000921. The molecule has 0 amide bonds. The van der Waals surface area contributed by atoms with Crippen molar-refractivity contribution in [3.8, 4) is 0 Å². The molecular formula is C9H14N2O4. The van der Waals surface area contributed by atoms with Crippen molar-refractivity contribution in [2.24, 2.45) is 0 Å². The van der Waals surface area contributed by atoms with E-state index in [1.54, 1.807) is 0 Å². The minimum absolute atomic E-state index is 0.171. The van der Waals surface area contributed by atoms with Gasteiger partial charge in [-0.2, -0.15) is 0 Å². The van der Waals surface area contributed by atoms with Crippen molar-refractivity contribution in [3.05, 3.63) is 23.5 Å². The summed E-state index contributed by atoms with van der Waals surface area (Å²) in [6, 6.07) is 1.23. The Morgan fingerprint density at radius 1 is 1.47 bits per heavy atom. The summed E-state index contributed by atoms with van der Waals surface area (Å²) in [6.07, 6.45) is 1.27. The molecule has 6 nitrogen and oxygen atoms in total. The van der Waals surface area contributed by atoms with E-state index in [9.17, 15) is 9.59 Å². The van der Waals surface area contributed by atoms with Gasteiger partial charge in [0.1, 0.15) is 0 Å². The number of hydrogen-bond acceptors (Lipinski definition) is 4. The molecule has 1 aromatic heterocycles. The molecule has 0 aliphatic heterocycles. The maximum Gasteiger partial charge on any atom is 0.357 e. The highest BCUT2D eigenvalue weighted by atomic mass is 16.5. The van der Waals surface area contributed by atoms with E-state index < -0.39 is 11.9 Å². The summed E-state index contributed by atoms with van der Waals surface area (Å²) in [5.41, 5.74) is -0.343. The molecule has 0 aliphatic rings. The van der Waals surface area contributed by atoms with E-state index >= 15 is 0 Å². The van der Waals surface area contributed by atoms with Gasteiger partial charge in [-0.3, -0.25) is 4.68 Å². The van der Waals surface area contributed by atoms with Gasteiger partial charge in [-0.25, -0.2) is 9.59 Å². The molecular weight excluding hydrogens is 200 g/mol. The first-order valence-electron chi connectivity index (χ1n) is 4.36. The van der Waals surface area contributed by atoms with Crippen LogP contribution in [0.2, 0.25) is 0 Å². The molecule has 0 fully saturated rings. The number of nitrogen functional groups attached to an aromatic ring is 1. The average molecular weight is 214 g/mol. The zero-order valence-electron chi connectivity index (χ0n) is 8.85. The van der Waals surface area contributed by atoms with Crippen LogP contribution in [0.5, 0.6) is 0 Å². The molecule has 0 saturated carbocycles. The van der Waals surface area contributed by atoms with E-state index in [4.69, 9.17) is 10.9 Å². The molecule has 1 aromatic rings. The highest BCUT2D eigenvalue weighted by Gasteiger charge is 2.20. The van der Waals surface area contributed by atoms with E-state index in [1.165, 1.54) is 12.3 Å². The lowest BCUT2D eigenvalue weighted by molar-refractivity contribution is 0.0573. The molecule has 15 heavy (non-hydrogen) atoms. The normalized spacial score (nSPS) is 8.73. The zero-order chi connectivity index (χ0) is 12.0. The standard InChI is InChI=1S/C7H8N2O4.C2H6/c1-13-7(12)5-4(6(10)11)2-3-9(5)8;1-2/h2-3H,8H2,1H3,(H,10,11);1-2H3. The molecule has 6 heteroatoms. The monoisotopic (exact) mass is 214 g/mol. The van der Waals surface area contributed by atoms with Gasteiger partial charge in [-0.15, -0.1) is 0 Å². The van der Waals surface area contributed by atoms with Crippen molar-refractivity contribution in [2.45, 2.75) is 13.8 Å². The fourth-order valence-electron chi connectivity index (χ4n) is 0.932. The fraction of sp³-hybridized carbons (Fsp3) is 0.333. The SMILES string of the molecule is CC.COC(=O)c1c(C(=O)O)ccn1N. The summed E-state index contributed by atoms with van der Waals surface area (Å²) in [5, 5.41) is 8.65. The molecule has 84 valence electrons. The van der Waals surface area contributed by atoms with E-state index in [0.29, 0.717) is 0 Å². The van der Waals surface area contributed by atoms with Crippen molar-refractivity contribution in [1.82, 2.24) is 4.68 Å². The molecule has 0 saturated heterocycles. The Bertz CT molecular complexity index is 357. The number of aromatic nitrogens is 1. The summed E-state index contributed by atoms with van der Waals surface area (Å²) in [6.45, 7) is 4.00. The second kappa shape index (κ2) is 5.69. The number of carboxylic acid groups (broad SMARTS) is 1. The maximum absolute atomic E-state index is 11.0. The average Bonchev–Trinajstić information content (AvgIpc) is 2.62. The van der Waals surface area contributed by atoms with Crippen molar-refractivity contribution >= 4 is 11.9 Å². The van der Waals surface area contributed by atoms with Crippen LogP contribution in [0.3, 0.4) is 0 Å².